The van der Waals surface area contributed by atoms with E-state index in [4.69, 9.17) is 5.73 Å². The van der Waals surface area contributed by atoms with Gasteiger partial charge in [0.1, 0.15) is 5.69 Å². The standard InChI is InChI=1S/C11H16N3O/c1-3-14(4-2)8-9-6-5-7-10(13-9)11(12)15/h5-6H,3-4,8H2,1-2H3,(H2,12,15). The lowest BCUT2D eigenvalue weighted by molar-refractivity contribution is 0.0995. The molecule has 0 aromatic carbocycles. The fraction of sp³-hybridized carbons (Fsp3) is 0.455. The normalized spacial score (nSPS) is 10.6. The van der Waals surface area contributed by atoms with E-state index in [1.807, 2.05) is 6.07 Å². The molecule has 0 saturated heterocycles. The minimum absolute atomic E-state index is 0.208. The van der Waals surface area contributed by atoms with Gasteiger partial charge in [-0.1, -0.05) is 19.9 Å². The lowest BCUT2D eigenvalue weighted by Gasteiger charge is -2.17. The molecule has 0 aliphatic carbocycles. The number of hydrogen-bond acceptors (Lipinski definition) is 3. The molecule has 81 valence electrons. The largest absolute Gasteiger partial charge is 0.364 e. The minimum atomic E-state index is -0.531. The molecule has 1 aromatic heterocycles. The molecule has 0 atom stereocenters. The summed E-state index contributed by atoms with van der Waals surface area (Å²) < 4.78 is 0. The van der Waals surface area contributed by atoms with Crippen LogP contribution >= 0.6 is 0 Å². The number of nitrogens with two attached hydrogens (primary N) is 1. The summed E-state index contributed by atoms with van der Waals surface area (Å²) in [5.74, 6) is -0.531. The Morgan fingerprint density at radius 2 is 2.20 bits per heavy atom. The monoisotopic (exact) mass is 206 g/mol. The molecule has 1 amide bonds. The number of amides is 1. The summed E-state index contributed by atoms with van der Waals surface area (Å²) in [5.41, 5.74) is 6.19. The van der Waals surface area contributed by atoms with E-state index in [0.717, 1.165) is 25.3 Å². The molecule has 15 heavy (non-hydrogen) atoms. The second-order valence-electron chi connectivity index (χ2n) is 3.26. The number of hydrogen-bond donors (Lipinski definition) is 1. The predicted molar refractivity (Wildman–Crippen MR) is 58.2 cm³/mol. The molecular weight excluding hydrogens is 190 g/mol. The smallest absolute Gasteiger partial charge is 0.267 e. The van der Waals surface area contributed by atoms with Crippen LogP contribution in [0.4, 0.5) is 0 Å². The molecule has 0 saturated carbocycles. The molecular formula is C11H16N3O. The zero-order valence-corrected chi connectivity index (χ0v) is 9.16. The van der Waals surface area contributed by atoms with E-state index in [1.165, 1.54) is 0 Å². The van der Waals surface area contributed by atoms with Crippen LogP contribution in [0.1, 0.15) is 30.0 Å². The summed E-state index contributed by atoms with van der Waals surface area (Å²) in [7, 11) is 0. The maximum Gasteiger partial charge on any atom is 0.267 e. The predicted octanol–water partition coefficient (Wildman–Crippen LogP) is 0.822. The van der Waals surface area contributed by atoms with Gasteiger partial charge in [-0.25, -0.2) is 4.98 Å². The fourth-order valence-corrected chi connectivity index (χ4v) is 1.32. The van der Waals surface area contributed by atoms with Crippen molar-refractivity contribution in [3.05, 3.63) is 29.6 Å². The summed E-state index contributed by atoms with van der Waals surface area (Å²) in [4.78, 5) is 17.2. The molecule has 4 heteroatoms. The number of rotatable bonds is 5. The van der Waals surface area contributed by atoms with Crippen molar-refractivity contribution < 1.29 is 4.79 Å². The maximum absolute atomic E-state index is 10.9. The first-order valence-corrected chi connectivity index (χ1v) is 5.07. The average molecular weight is 206 g/mol. The van der Waals surface area contributed by atoms with Crippen LogP contribution in [0.25, 0.3) is 0 Å². The van der Waals surface area contributed by atoms with Crippen molar-refractivity contribution in [3.8, 4) is 0 Å². The zero-order chi connectivity index (χ0) is 11.3. The van der Waals surface area contributed by atoms with Crippen LogP contribution in [0.2, 0.25) is 0 Å². The van der Waals surface area contributed by atoms with Crippen LogP contribution in [-0.2, 0) is 6.54 Å². The summed E-state index contributed by atoms with van der Waals surface area (Å²) in [6, 6.07) is 6.25. The number of primary amides is 1. The highest BCUT2D eigenvalue weighted by Crippen LogP contribution is 2.02. The van der Waals surface area contributed by atoms with Crippen molar-refractivity contribution in [1.29, 1.82) is 0 Å². The summed E-state index contributed by atoms with van der Waals surface area (Å²) >= 11 is 0. The van der Waals surface area contributed by atoms with Crippen LogP contribution in [0.5, 0.6) is 0 Å². The second kappa shape index (κ2) is 5.46. The van der Waals surface area contributed by atoms with E-state index in [2.05, 4.69) is 29.8 Å². The van der Waals surface area contributed by atoms with Gasteiger partial charge in [0.15, 0.2) is 0 Å². The molecule has 0 spiro atoms. The summed E-state index contributed by atoms with van der Waals surface area (Å²) in [5, 5.41) is 0. The summed E-state index contributed by atoms with van der Waals surface area (Å²) in [6.45, 7) is 6.84. The highest BCUT2D eigenvalue weighted by atomic mass is 16.1. The zero-order valence-electron chi connectivity index (χ0n) is 9.16. The molecule has 2 N–H and O–H groups in total. The van der Waals surface area contributed by atoms with Gasteiger partial charge in [0.25, 0.3) is 5.91 Å². The number of carbonyl (C=O) groups is 1. The van der Waals surface area contributed by atoms with Gasteiger partial charge >= 0.3 is 0 Å². The van der Waals surface area contributed by atoms with Crippen LogP contribution in [0.15, 0.2) is 12.1 Å². The molecule has 1 radical (unpaired) electrons. The molecule has 1 heterocycles. The van der Waals surface area contributed by atoms with Crippen LogP contribution < -0.4 is 5.73 Å². The van der Waals surface area contributed by atoms with Crippen molar-refractivity contribution >= 4 is 5.91 Å². The van der Waals surface area contributed by atoms with Crippen molar-refractivity contribution in [2.45, 2.75) is 20.4 Å². The number of nitrogens with zero attached hydrogens (tertiary/aromatic N) is 2. The Kier molecular flexibility index (Phi) is 4.24. The van der Waals surface area contributed by atoms with E-state index in [0.29, 0.717) is 0 Å². The lowest BCUT2D eigenvalue weighted by atomic mass is 10.2. The first kappa shape index (κ1) is 11.7. The number of pyridine rings is 1. The number of aromatic nitrogens is 1. The van der Waals surface area contributed by atoms with Gasteiger partial charge in [0.05, 0.1) is 5.69 Å². The summed E-state index contributed by atoms with van der Waals surface area (Å²) in [6.07, 6.45) is 0. The average Bonchev–Trinajstić information content (AvgIpc) is 2.26. The van der Waals surface area contributed by atoms with E-state index in [-0.39, 0.29) is 5.69 Å². The van der Waals surface area contributed by atoms with Crippen LogP contribution in [0.3, 0.4) is 0 Å². The first-order valence-electron chi connectivity index (χ1n) is 5.07. The van der Waals surface area contributed by atoms with Crippen molar-refractivity contribution in [3.63, 3.8) is 0 Å². The molecule has 0 fully saturated rings. The topological polar surface area (TPSA) is 59.2 Å². The Morgan fingerprint density at radius 1 is 1.53 bits per heavy atom. The van der Waals surface area contributed by atoms with Gasteiger partial charge in [0.2, 0.25) is 0 Å². The van der Waals surface area contributed by atoms with Crippen molar-refractivity contribution in [2.75, 3.05) is 13.1 Å². The van der Waals surface area contributed by atoms with Gasteiger partial charge in [-0.3, -0.25) is 9.69 Å². The molecule has 0 unspecified atom stereocenters. The molecule has 0 bridgehead atoms. The van der Waals surface area contributed by atoms with Gasteiger partial charge in [-0.2, -0.15) is 0 Å². The Hall–Kier alpha value is -1.42. The third-order valence-electron chi connectivity index (χ3n) is 2.26. The molecule has 0 aliphatic heterocycles. The van der Waals surface area contributed by atoms with Crippen molar-refractivity contribution in [2.24, 2.45) is 5.73 Å². The Balaban J connectivity index is 2.77. The maximum atomic E-state index is 10.9. The molecule has 4 nitrogen and oxygen atoms in total. The second-order valence-corrected chi connectivity index (χ2v) is 3.26. The minimum Gasteiger partial charge on any atom is -0.364 e. The molecule has 0 aliphatic rings. The van der Waals surface area contributed by atoms with E-state index in [9.17, 15) is 4.79 Å². The SMILES string of the molecule is CCN(CC)Cc1cc[c]c(C(N)=O)n1. The Morgan fingerprint density at radius 3 is 2.73 bits per heavy atom. The van der Waals surface area contributed by atoms with Gasteiger partial charge in [0, 0.05) is 12.6 Å². The Bertz CT molecular complexity index is 334. The van der Waals surface area contributed by atoms with Gasteiger partial charge in [-0.15, -0.1) is 0 Å². The van der Waals surface area contributed by atoms with Crippen LogP contribution in [-0.4, -0.2) is 28.9 Å². The quantitative estimate of drug-likeness (QED) is 0.776. The first-order chi connectivity index (χ1) is 7.17. The van der Waals surface area contributed by atoms with Crippen LogP contribution in [0, 0.1) is 6.07 Å². The molecule has 1 rings (SSSR count). The third-order valence-corrected chi connectivity index (χ3v) is 2.26. The van der Waals surface area contributed by atoms with Crippen molar-refractivity contribution in [1.82, 2.24) is 9.88 Å². The van der Waals surface area contributed by atoms with E-state index in [1.54, 1.807) is 6.07 Å². The lowest BCUT2D eigenvalue weighted by Crippen LogP contribution is -2.23. The van der Waals surface area contributed by atoms with Gasteiger partial charge in [-0.05, 0) is 19.2 Å². The molecule has 1 aromatic rings. The fourth-order valence-electron chi connectivity index (χ4n) is 1.32. The van der Waals surface area contributed by atoms with E-state index < -0.39 is 5.91 Å². The highest BCUT2D eigenvalue weighted by Gasteiger charge is 2.06. The van der Waals surface area contributed by atoms with Gasteiger partial charge < -0.3 is 5.73 Å². The van der Waals surface area contributed by atoms with E-state index >= 15 is 0 Å². The number of carbonyl (C=O) groups excluding carboxylic acids is 1. The third kappa shape index (κ3) is 3.32. The Labute approximate surface area is 90.1 Å². The highest BCUT2D eigenvalue weighted by molar-refractivity contribution is 5.90.